The van der Waals surface area contributed by atoms with Gasteiger partial charge in [0, 0.05) is 0 Å². The molecule has 0 saturated heterocycles. The molecule has 0 rings (SSSR count). The van der Waals surface area contributed by atoms with E-state index in [2.05, 4.69) is 0 Å². The normalized spacial score (nSPS) is 15.1. The van der Waals surface area contributed by atoms with Crippen molar-refractivity contribution in [1.29, 1.82) is 0 Å². The van der Waals surface area contributed by atoms with Crippen LogP contribution in [0.4, 0.5) is 0 Å². The Morgan fingerprint density at radius 3 is 1.45 bits per heavy atom. The quantitative estimate of drug-likeness (QED) is 0.595. The second-order valence-corrected chi connectivity index (χ2v) is 6.35. The third-order valence-corrected chi connectivity index (χ3v) is 4.03. The van der Waals surface area contributed by atoms with Gasteiger partial charge >= 0.3 is 17.9 Å². The van der Waals surface area contributed by atoms with Gasteiger partial charge in [-0.25, -0.2) is 4.79 Å². The van der Waals surface area contributed by atoms with E-state index in [1.165, 1.54) is 0 Å². The molecule has 3 N–H and O–H groups in total. The van der Waals surface area contributed by atoms with Crippen LogP contribution in [0.1, 0.15) is 48.0 Å². The smallest absolute Gasteiger partial charge is 0.337 e. The minimum atomic E-state index is -2.36. The fourth-order valence-electron chi connectivity index (χ4n) is 3.47. The second kappa shape index (κ2) is 7.09. The van der Waals surface area contributed by atoms with Gasteiger partial charge in [-0.3, -0.25) is 9.59 Å². The van der Waals surface area contributed by atoms with E-state index in [1.807, 2.05) is 0 Å². The van der Waals surface area contributed by atoms with E-state index >= 15 is 0 Å². The molecule has 0 bridgehead atoms. The van der Waals surface area contributed by atoms with Gasteiger partial charge < -0.3 is 20.1 Å². The van der Waals surface area contributed by atoms with Crippen molar-refractivity contribution in [1.82, 2.24) is 0 Å². The lowest BCUT2D eigenvalue weighted by atomic mass is 9.57. The van der Waals surface area contributed by atoms with Gasteiger partial charge in [0.25, 0.3) is 0 Å². The van der Waals surface area contributed by atoms with Crippen LogP contribution < -0.4 is 0 Å². The van der Waals surface area contributed by atoms with Crippen molar-refractivity contribution in [2.24, 2.45) is 17.3 Å². The van der Waals surface area contributed by atoms with E-state index in [-0.39, 0.29) is 0 Å². The number of rotatable bonds is 9. The first kappa shape index (κ1) is 20.4. The van der Waals surface area contributed by atoms with Crippen LogP contribution in [0, 0.1) is 17.3 Å². The van der Waals surface area contributed by atoms with Crippen LogP contribution >= 0.6 is 0 Å². The predicted octanol–water partition coefficient (Wildman–Crippen LogP) is 2.09. The highest BCUT2D eigenvalue weighted by molar-refractivity contribution is 5.92. The van der Waals surface area contributed by atoms with E-state index in [9.17, 15) is 29.7 Å². The molecule has 0 amide bonds. The van der Waals surface area contributed by atoms with Gasteiger partial charge in [-0.2, -0.15) is 0 Å². The molecule has 0 fully saturated rings. The molecule has 128 valence electrons. The summed E-state index contributed by atoms with van der Waals surface area (Å²) in [6, 6.07) is 0. The molecule has 0 heterocycles. The number of aliphatic carboxylic acids is 3. The fourth-order valence-corrected chi connectivity index (χ4v) is 3.47. The van der Waals surface area contributed by atoms with Crippen LogP contribution in [0.2, 0.25) is 0 Å². The van der Waals surface area contributed by atoms with Crippen molar-refractivity contribution in [3.8, 4) is 0 Å². The molecule has 0 aromatic carbocycles. The molecule has 0 saturated carbocycles. The Hall–Kier alpha value is -1.63. The van der Waals surface area contributed by atoms with E-state index < -0.39 is 53.3 Å². The summed E-state index contributed by atoms with van der Waals surface area (Å²) < 4.78 is 5.50. The van der Waals surface area contributed by atoms with Gasteiger partial charge in [0.05, 0.1) is 12.5 Å². The number of carboxylic acids is 3. The van der Waals surface area contributed by atoms with Crippen molar-refractivity contribution in [3.63, 3.8) is 0 Å². The highest BCUT2D eigenvalue weighted by Crippen LogP contribution is 2.50. The third kappa shape index (κ3) is 3.24. The SMILES string of the molecule is CC(C)OC(CC(=O)O)(C(=O)O)C(C(=O)O)(C(C)C)C(C)C. The summed E-state index contributed by atoms with van der Waals surface area (Å²) in [7, 11) is 0. The van der Waals surface area contributed by atoms with Crippen LogP contribution in [-0.4, -0.2) is 44.9 Å². The van der Waals surface area contributed by atoms with Crippen molar-refractivity contribution in [3.05, 3.63) is 0 Å². The Balaban J connectivity index is 6.69. The number of carboxylic acid groups (broad SMARTS) is 3. The molecule has 7 heteroatoms. The first-order chi connectivity index (χ1) is 9.86. The number of carbonyl (C=O) groups is 3. The lowest BCUT2D eigenvalue weighted by Gasteiger charge is -2.49. The van der Waals surface area contributed by atoms with Gasteiger partial charge in [0.15, 0.2) is 5.60 Å². The van der Waals surface area contributed by atoms with Crippen LogP contribution in [0.3, 0.4) is 0 Å². The molecule has 1 atom stereocenters. The summed E-state index contributed by atoms with van der Waals surface area (Å²) in [5, 5.41) is 28.8. The van der Waals surface area contributed by atoms with Gasteiger partial charge in [0.1, 0.15) is 5.41 Å². The second-order valence-electron chi connectivity index (χ2n) is 6.35. The molecule has 0 spiro atoms. The third-order valence-electron chi connectivity index (χ3n) is 4.03. The molecular formula is C15H26O7. The maximum absolute atomic E-state index is 12.1. The molecule has 7 nitrogen and oxygen atoms in total. The minimum absolute atomic E-state index is 0.647. The van der Waals surface area contributed by atoms with E-state index in [4.69, 9.17) is 4.74 Å². The van der Waals surface area contributed by atoms with E-state index in [0.29, 0.717) is 0 Å². The molecule has 0 aromatic heterocycles. The lowest BCUT2D eigenvalue weighted by Crippen LogP contribution is -2.66. The summed E-state index contributed by atoms with van der Waals surface area (Å²) in [4.78, 5) is 35.4. The Labute approximate surface area is 130 Å². The highest BCUT2D eigenvalue weighted by atomic mass is 16.5. The summed E-state index contributed by atoms with van der Waals surface area (Å²) in [6.45, 7) is 9.36. The Morgan fingerprint density at radius 1 is 0.864 bits per heavy atom. The first-order valence-corrected chi connectivity index (χ1v) is 7.22. The molecule has 0 aliphatic carbocycles. The van der Waals surface area contributed by atoms with Gasteiger partial charge in [-0.1, -0.05) is 27.7 Å². The summed E-state index contributed by atoms with van der Waals surface area (Å²) in [6.07, 6.45) is -1.57. The molecule has 0 aliphatic heterocycles. The average Bonchev–Trinajstić information content (AvgIpc) is 2.24. The average molecular weight is 318 g/mol. The summed E-state index contributed by atoms with van der Waals surface area (Å²) >= 11 is 0. The Morgan fingerprint density at radius 2 is 1.27 bits per heavy atom. The van der Waals surface area contributed by atoms with Crippen molar-refractivity contribution in [2.45, 2.75) is 59.7 Å². The highest BCUT2D eigenvalue weighted by Gasteiger charge is 2.67. The van der Waals surface area contributed by atoms with E-state index in [1.54, 1.807) is 41.5 Å². The zero-order chi connectivity index (χ0) is 17.9. The van der Waals surface area contributed by atoms with Gasteiger partial charge in [-0.15, -0.1) is 0 Å². The molecule has 0 aliphatic rings. The Kier molecular flexibility index (Phi) is 6.56. The topological polar surface area (TPSA) is 121 Å². The van der Waals surface area contributed by atoms with Crippen LogP contribution in [-0.2, 0) is 19.1 Å². The minimum Gasteiger partial charge on any atom is -0.481 e. The number of ether oxygens (including phenoxy) is 1. The zero-order valence-corrected chi connectivity index (χ0v) is 13.9. The molecule has 0 aromatic rings. The predicted molar refractivity (Wildman–Crippen MR) is 78.6 cm³/mol. The largest absolute Gasteiger partial charge is 0.481 e. The molecule has 22 heavy (non-hydrogen) atoms. The van der Waals surface area contributed by atoms with Crippen molar-refractivity contribution in [2.75, 3.05) is 0 Å². The van der Waals surface area contributed by atoms with Gasteiger partial charge in [-0.05, 0) is 25.7 Å². The maximum Gasteiger partial charge on any atom is 0.337 e. The standard InChI is InChI=1S/C15H26O7/c1-8(2)15(9(3)4,13(20)21)14(12(18)19,7-11(16)17)22-10(5)6/h8-10H,7H2,1-6H3,(H,16,17)(H,18,19)(H,20,21). The monoisotopic (exact) mass is 318 g/mol. The summed E-state index contributed by atoms with van der Waals surface area (Å²) in [5.74, 6) is -5.68. The van der Waals surface area contributed by atoms with Crippen LogP contribution in [0.5, 0.6) is 0 Å². The summed E-state index contributed by atoms with van der Waals surface area (Å²) in [5.41, 5.74) is -4.25. The van der Waals surface area contributed by atoms with E-state index in [0.717, 1.165) is 0 Å². The zero-order valence-electron chi connectivity index (χ0n) is 13.9. The lowest BCUT2D eigenvalue weighted by molar-refractivity contribution is -0.227. The molecule has 0 radical (unpaired) electrons. The number of hydrogen-bond acceptors (Lipinski definition) is 4. The van der Waals surface area contributed by atoms with Gasteiger partial charge in [0.2, 0.25) is 0 Å². The molecular weight excluding hydrogens is 292 g/mol. The van der Waals surface area contributed by atoms with Crippen LogP contribution in [0.25, 0.3) is 0 Å². The molecule has 1 unspecified atom stereocenters. The first-order valence-electron chi connectivity index (χ1n) is 7.22. The van der Waals surface area contributed by atoms with Crippen molar-refractivity contribution < 1.29 is 34.4 Å². The number of hydrogen-bond donors (Lipinski definition) is 3. The fraction of sp³-hybridized carbons (Fsp3) is 0.800. The van der Waals surface area contributed by atoms with Crippen LogP contribution in [0.15, 0.2) is 0 Å². The van der Waals surface area contributed by atoms with Crippen molar-refractivity contribution >= 4 is 17.9 Å². The Bertz CT molecular complexity index is 431. The maximum atomic E-state index is 12.1.